The molecule has 0 fully saturated rings. The molecule has 1 rings (SSSR count). The van der Waals surface area contributed by atoms with Crippen LogP contribution in [0, 0.1) is 23.7 Å². The van der Waals surface area contributed by atoms with E-state index in [0.717, 1.165) is 12.0 Å². The second-order valence-corrected chi connectivity index (χ2v) is 7.87. The molecule has 5 heteroatoms. The fourth-order valence-corrected chi connectivity index (χ4v) is 3.65. The Labute approximate surface area is 121 Å². The zero-order valence-electron chi connectivity index (χ0n) is 12.3. The van der Waals surface area contributed by atoms with E-state index in [0.29, 0.717) is 23.4 Å². The number of nitrogens with two attached hydrogens (primary N) is 1. The van der Waals surface area contributed by atoms with Crippen LogP contribution in [0.25, 0.3) is 0 Å². The summed E-state index contributed by atoms with van der Waals surface area (Å²) in [6.45, 7) is 5.50. The highest BCUT2D eigenvalue weighted by Crippen LogP contribution is 2.24. The van der Waals surface area contributed by atoms with Gasteiger partial charge in [0.1, 0.15) is 0 Å². The van der Waals surface area contributed by atoms with Crippen molar-refractivity contribution in [3.05, 3.63) is 23.8 Å². The molecule has 0 aromatic heterocycles. The van der Waals surface area contributed by atoms with Gasteiger partial charge in [-0.25, -0.2) is 8.42 Å². The Bertz CT molecular complexity index is 613. The zero-order valence-corrected chi connectivity index (χ0v) is 13.1. The largest absolute Gasteiger partial charge is 0.399 e. The molecule has 1 aromatic rings. The Morgan fingerprint density at radius 2 is 1.95 bits per heavy atom. The van der Waals surface area contributed by atoms with E-state index in [1.165, 1.54) is 6.07 Å². The molecule has 4 nitrogen and oxygen atoms in total. The van der Waals surface area contributed by atoms with Crippen LogP contribution < -0.4 is 5.73 Å². The fourth-order valence-electron chi connectivity index (χ4n) is 1.98. The highest BCUT2D eigenvalue weighted by atomic mass is 32.2. The van der Waals surface area contributed by atoms with E-state index in [1.807, 2.05) is 13.8 Å². The van der Waals surface area contributed by atoms with Crippen molar-refractivity contribution in [2.24, 2.45) is 5.41 Å². The third kappa shape index (κ3) is 4.53. The average molecular weight is 294 g/mol. The summed E-state index contributed by atoms with van der Waals surface area (Å²) in [5, 5.41) is 8.92. The Hall–Kier alpha value is -1.54. The Morgan fingerprint density at radius 3 is 2.55 bits per heavy atom. The summed E-state index contributed by atoms with van der Waals surface area (Å²) in [5.41, 5.74) is 6.44. The molecule has 110 valence electrons. The van der Waals surface area contributed by atoms with Crippen LogP contribution in [0.15, 0.2) is 23.1 Å². The Balaban J connectivity index is 2.68. The first kappa shape index (κ1) is 16.5. The normalized spacial score (nSPS) is 12.1. The van der Waals surface area contributed by atoms with E-state index >= 15 is 0 Å². The lowest BCUT2D eigenvalue weighted by molar-refractivity contribution is 0.431. The molecule has 0 spiro atoms. The highest BCUT2D eigenvalue weighted by molar-refractivity contribution is 7.91. The van der Waals surface area contributed by atoms with Crippen LogP contribution in [0.3, 0.4) is 0 Å². The predicted molar refractivity (Wildman–Crippen MR) is 80.9 cm³/mol. The van der Waals surface area contributed by atoms with Crippen LogP contribution in [-0.4, -0.2) is 14.2 Å². The summed E-state index contributed by atoms with van der Waals surface area (Å²) in [7, 11) is -3.30. The first-order valence-corrected chi connectivity index (χ1v) is 8.33. The number of rotatable bonds is 6. The van der Waals surface area contributed by atoms with Crippen molar-refractivity contribution in [2.75, 3.05) is 11.5 Å². The van der Waals surface area contributed by atoms with Crippen LogP contribution in [0.5, 0.6) is 0 Å². The third-order valence-electron chi connectivity index (χ3n) is 3.31. The maximum atomic E-state index is 12.3. The van der Waals surface area contributed by atoms with Crippen molar-refractivity contribution < 1.29 is 8.42 Å². The molecule has 0 aliphatic rings. The Morgan fingerprint density at radius 1 is 1.30 bits per heavy atom. The van der Waals surface area contributed by atoms with E-state index in [-0.39, 0.29) is 5.75 Å². The molecule has 0 bridgehead atoms. The minimum Gasteiger partial charge on any atom is -0.399 e. The van der Waals surface area contributed by atoms with Gasteiger partial charge in [-0.3, -0.25) is 0 Å². The van der Waals surface area contributed by atoms with Crippen molar-refractivity contribution in [1.82, 2.24) is 0 Å². The van der Waals surface area contributed by atoms with Crippen LogP contribution in [0.2, 0.25) is 0 Å². The fraction of sp³-hybridized carbons (Fsp3) is 0.533. The van der Waals surface area contributed by atoms with Gasteiger partial charge in [-0.15, -0.1) is 0 Å². The summed E-state index contributed by atoms with van der Waals surface area (Å²) in [6, 6.07) is 7.16. The smallest absolute Gasteiger partial charge is 0.178 e. The lowest BCUT2D eigenvalue weighted by Gasteiger charge is -2.14. The minimum absolute atomic E-state index is 0.0960. The summed E-state index contributed by atoms with van der Waals surface area (Å²) in [6.07, 6.45) is 1.98. The van der Waals surface area contributed by atoms with Crippen LogP contribution in [0.1, 0.15) is 38.7 Å². The van der Waals surface area contributed by atoms with Gasteiger partial charge in [0.25, 0.3) is 0 Å². The molecule has 0 aliphatic heterocycles. The van der Waals surface area contributed by atoms with Gasteiger partial charge in [0.2, 0.25) is 0 Å². The second kappa shape index (κ2) is 6.27. The maximum absolute atomic E-state index is 12.3. The molecule has 0 unspecified atom stereocenters. The summed E-state index contributed by atoms with van der Waals surface area (Å²) in [5.74, 6) is 0.0960. The number of unbranched alkanes of at least 4 members (excludes halogenated alkanes) is 1. The van der Waals surface area contributed by atoms with E-state index in [9.17, 15) is 8.42 Å². The predicted octanol–water partition coefficient (Wildman–Crippen LogP) is 3.07. The third-order valence-corrected chi connectivity index (χ3v) is 5.25. The molecule has 0 aliphatic carbocycles. The summed E-state index contributed by atoms with van der Waals surface area (Å²) >= 11 is 0. The molecule has 0 radical (unpaired) electrons. The van der Waals surface area contributed by atoms with Gasteiger partial charge in [-0.2, -0.15) is 5.26 Å². The monoisotopic (exact) mass is 294 g/mol. The second-order valence-electron chi connectivity index (χ2n) is 5.80. The number of hydrogen-bond acceptors (Lipinski definition) is 4. The number of nitrogens with zero attached hydrogens (tertiary/aromatic N) is 1. The van der Waals surface area contributed by atoms with E-state index in [4.69, 9.17) is 11.0 Å². The average Bonchev–Trinajstić information content (AvgIpc) is 2.37. The van der Waals surface area contributed by atoms with E-state index < -0.39 is 15.3 Å². The number of sulfone groups is 1. The van der Waals surface area contributed by atoms with Gasteiger partial charge >= 0.3 is 0 Å². The van der Waals surface area contributed by atoms with Gasteiger partial charge in [0.15, 0.2) is 9.84 Å². The quantitative estimate of drug-likeness (QED) is 0.645. The topological polar surface area (TPSA) is 84.0 Å². The number of nitrogen functional groups attached to an aromatic ring is 1. The zero-order chi connectivity index (χ0) is 15.4. The Kier molecular flexibility index (Phi) is 5.18. The number of benzene rings is 1. The van der Waals surface area contributed by atoms with Gasteiger partial charge in [-0.1, -0.05) is 12.5 Å². The van der Waals surface area contributed by atoms with Crippen LogP contribution >= 0.6 is 0 Å². The van der Waals surface area contributed by atoms with Gasteiger partial charge < -0.3 is 5.73 Å². The van der Waals surface area contributed by atoms with E-state index in [1.54, 1.807) is 19.1 Å². The molecule has 0 heterocycles. The number of anilines is 1. The molecule has 20 heavy (non-hydrogen) atoms. The molecule has 0 saturated carbocycles. The minimum atomic E-state index is -3.30. The van der Waals surface area contributed by atoms with Crippen LogP contribution in [-0.2, 0) is 9.84 Å². The molecule has 2 N–H and O–H groups in total. The molecule has 0 amide bonds. The van der Waals surface area contributed by atoms with Crippen molar-refractivity contribution in [3.8, 4) is 6.07 Å². The maximum Gasteiger partial charge on any atom is 0.178 e. The van der Waals surface area contributed by atoms with Gasteiger partial charge in [0, 0.05) is 5.69 Å². The molecule has 1 aromatic carbocycles. The number of nitriles is 1. The molecular formula is C15H22N2O2S. The molecule has 0 atom stereocenters. The standard InChI is InChI=1S/C15H22N2O2S/c1-12-6-7-13(17)10-14(12)20(18,19)9-5-4-8-15(2,3)11-16/h6-7,10H,4-5,8-9,17H2,1-3H3. The molecular weight excluding hydrogens is 272 g/mol. The first-order chi connectivity index (χ1) is 9.18. The van der Waals surface area contributed by atoms with E-state index in [2.05, 4.69) is 6.07 Å². The highest BCUT2D eigenvalue weighted by Gasteiger charge is 2.19. The van der Waals surface area contributed by atoms with Crippen molar-refractivity contribution in [1.29, 1.82) is 5.26 Å². The summed E-state index contributed by atoms with van der Waals surface area (Å²) in [4.78, 5) is 0.317. The molecule has 0 saturated heterocycles. The van der Waals surface area contributed by atoms with Crippen molar-refractivity contribution >= 4 is 15.5 Å². The van der Waals surface area contributed by atoms with Gasteiger partial charge in [-0.05, 0) is 51.3 Å². The van der Waals surface area contributed by atoms with Crippen molar-refractivity contribution in [3.63, 3.8) is 0 Å². The lowest BCUT2D eigenvalue weighted by atomic mass is 9.89. The SMILES string of the molecule is Cc1ccc(N)cc1S(=O)(=O)CCCCC(C)(C)C#N. The number of aryl methyl sites for hydroxylation is 1. The summed E-state index contributed by atoms with van der Waals surface area (Å²) < 4.78 is 24.6. The van der Waals surface area contributed by atoms with Crippen LogP contribution in [0.4, 0.5) is 5.69 Å². The number of hydrogen-bond donors (Lipinski definition) is 1. The lowest BCUT2D eigenvalue weighted by Crippen LogP contribution is -2.11. The first-order valence-electron chi connectivity index (χ1n) is 6.68. The van der Waals surface area contributed by atoms with Gasteiger partial charge in [0.05, 0.1) is 22.1 Å². The van der Waals surface area contributed by atoms with Crippen molar-refractivity contribution in [2.45, 2.75) is 44.9 Å².